The molecule has 1 aliphatic carbocycles. The largest absolute Gasteiger partial charge is 0.341 e. The molecular weight excluding hydrogens is 371 g/mol. The summed E-state index contributed by atoms with van der Waals surface area (Å²) in [4.78, 5) is 9.19. The first kappa shape index (κ1) is 13.0. The van der Waals surface area contributed by atoms with Crippen LogP contribution < -0.4 is 8.85 Å². The van der Waals surface area contributed by atoms with Crippen LogP contribution in [0, 0.1) is 0 Å². The molecule has 1 aromatic rings. The maximum atomic E-state index is 6.04. The topological polar surface area (TPSA) is 49.8 Å². The minimum Gasteiger partial charge on any atom is -0.341 e. The Balaban J connectivity index is 2.26. The molecule has 0 radical (unpaired) electrons. The van der Waals surface area contributed by atoms with Crippen molar-refractivity contribution in [1.82, 2.24) is 9.97 Å². The second-order valence-corrected chi connectivity index (χ2v) is 4.84. The molecule has 0 saturated heterocycles. The van der Waals surface area contributed by atoms with Gasteiger partial charge in [0, 0.05) is 10.6 Å². The normalized spacial score (nSPS) is 15.0. The van der Waals surface area contributed by atoms with Crippen molar-refractivity contribution in [3.63, 3.8) is 0 Å². The molecule has 1 aromatic heterocycles. The zero-order chi connectivity index (χ0) is 12.3. The van der Waals surface area contributed by atoms with Crippen LogP contribution in [0.5, 0.6) is 0 Å². The number of anilines is 2. The lowest BCUT2D eigenvalue weighted by atomic mass is 10.1. The Kier molecular flexibility index (Phi) is 4.52. The Labute approximate surface area is 124 Å². The van der Waals surface area contributed by atoms with E-state index < -0.39 is 0 Å². The van der Waals surface area contributed by atoms with Gasteiger partial charge in [-0.3, -0.25) is 3.53 Å². The van der Waals surface area contributed by atoms with Crippen LogP contribution in [0.3, 0.4) is 0 Å². The summed E-state index contributed by atoms with van der Waals surface area (Å²) in [5.74, 6) is 1.11. The quantitative estimate of drug-likeness (QED) is 0.424. The Hall–Kier alpha value is -0.470. The van der Waals surface area contributed by atoms with Crippen molar-refractivity contribution in [2.24, 2.45) is 0 Å². The predicted molar refractivity (Wildman–Crippen MR) is 82.7 cm³/mol. The van der Waals surface area contributed by atoms with Crippen molar-refractivity contribution >= 4 is 58.9 Å². The molecule has 0 aromatic carbocycles. The molecule has 90 valence electrons. The van der Waals surface area contributed by atoms with Gasteiger partial charge in [-0.25, -0.2) is 4.98 Å². The van der Waals surface area contributed by atoms with Crippen molar-refractivity contribution in [2.45, 2.75) is 12.8 Å². The van der Waals surface area contributed by atoms with Crippen molar-refractivity contribution in [3.8, 4) is 0 Å². The van der Waals surface area contributed by atoms with Crippen LogP contribution in [0.4, 0.5) is 11.8 Å². The average molecular weight is 381 g/mol. The van der Waals surface area contributed by atoms with Crippen LogP contribution in [-0.2, 0) is 0 Å². The third-order valence-electron chi connectivity index (χ3n) is 2.24. The second-order valence-electron chi connectivity index (χ2n) is 3.41. The number of thiol groups is 1. The molecule has 4 nitrogen and oxygen atoms in total. The van der Waals surface area contributed by atoms with Crippen molar-refractivity contribution in [2.75, 3.05) is 8.85 Å². The van der Waals surface area contributed by atoms with Gasteiger partial charge in [-0.05, 0) is 12.8 Å². The lowest BCUT2D eigenvalue weighted by Crippen LogP contribution is -2.06. The third kappa shape index (κ3) is 3.26. The Bertz CT molecular complexity index is 489. The number of allylic oxidation sites excluding steroid dienone is 3. The molecule has 2 N–H and O–H groups in total. The number of halogens is 2. The summed E-state index contributed by atoms with van der Waals surface area (Å²) in [5.41, 5.74) is 1.02. The molecule has 0 atom stereocenters. The van der Waals surface area contributed by atoms with E-state index >= 15 is 0 Å². The molecule has 0 amide bonds. The van der Waals surface area contributed by atoms with Crippen LogP contribution in [0.15, 0.2) is 29.0 Å². The van der Waals surface area contributed by atoms with E-state index in [9.17, 15) is 0 Å². The van der Waals surface area contributed by atoms with Crippen molar-refractivity contribution in [1.29, 1.82) is 0 Å². The van der Waals surface area contributed by atoms with Crippen LogP contribution in [0.1, 0.15) is 12.8 Å². The van der Waals surface area contributed by atoms with E-state index in [1.54, 1.807) is 6.20 Å². The van der Waals surface area contributed by atoms with Crippen LogP contribution in [-0.4, -0.2) is 9.97 Å². The number of hydrogen-bond acceptors (Lipinski definition) is 5. The zero-order valence-electron chi connectivity index (χ0n) is 8.74. The molecular formula is C10H10ClIN4S. The molecule has 0 bridgehead atoms. The fourth-order valence-electron chi connectivity index (χ4n) is 1.42. The molecule has 0 saturated carbocycles. The first-order valence-electron chi connectivity index (χ1n) is 4.95. The van der Waals surface area contributed by atoms with Crippen LogP contribution in [0.2, 0.25) is 5.02 Å². The molecule has 0 fully saturated rings. The van der Waals surface area contributed by atoms with Gasteiger partial charge in [-0.15, -0.1) is 12.6 Å². The van der Waals surface area contributed by atoms with E-state index in [-0.39, 0.29) is 0 Å². The lowest BCUT2D eigenvalue weighted by Gasteiger charge is -2.15. The monoisotopic (exact) mass is 380 g/mol. The molecule has 7 heteroatoms. The van der Waals surface area contributed by atoms with E-state index in [1.165, 1.54) is 0 Å². The standard InChI is InChI=1S/C10H10ClIN4S/c11-6-5-13-10(16-12)15-9(6)14-7-3-1-2-4-8(7)17/h2,4-5,17H,1,3H2,(H2,13,14,15,16). The van der Waals surface area contributed by atoms with Gasteiger partial charge in [0.25, 0.3) is 0 Å². The fourth-order valence-corrected chi connectivity index (χ4v) is 2.09. The van der Waals surface area contributed by atoms with E-state index in [1.807, 2.05) is 28.9 Å². The lowest BCUT2D eigenvalue weighted by molar-refractivity contribution is 0.957. The van der Waals surface area contributed by atoms with E-state index in [2.05, 4.69) is 37.5 Å². The summed E-state index contributed by atoms with van der Waals surface area (Å²) in [6.45, 7) is 0. The molecule has 0 aliphatic heterocycles. The van der Waals surface area contributed by atoms with Crippen molar-refractivity contribution < 1.29 is 0 Å². The maximum absolute atomic E-state index is 6.04. The minimum absolute atomic E-state index is 0.489. The Morgan fingerprint density at radius 1 is 1.47 bits per heavy atom. The number of hydrogen-bond donors (Lipinski definition) is 3. The Morgan fingerprint density at radius 2 is 2.29 bits per heavy atom. The molecule has 1 heterocycles. The molecule has 0 spiro atoms. The van der Waals surface area contributed by atoms with Gasteiger partial charge in [0.2, 0.25) is 5.95 Å². The third-order valence-corrected chi connectivity index (χ3v) is 3.42. The molecule has 17 heavy (non-hydrogen) atoms. The van der Waals surface area contributed by atoms with Gasteiger partial charge >= 0.3 is 0 Å². The fraction of sp³-hybridized carbons (Fsp3) is 0.200. The second kappa shape index (κ2) is 5.92. The summed E-state index contributed by atoms with van der Waals surface area (Å²) in [6.07, 6.45) is 7.53. The van der Waals surface area contributed by atoms with Gasteiger partial charge in [0.1, 0.15) is 5.02 Å². The minimum atomic E-state index is 0.489. The van der Waals surface area contributed by atoms with E-state index in [0.717, 1.165) is 23.4 Å². The van der Waals surface area contributed by atoms with Crippen LogP contribution in [0.25, 0.3) is 0 Å². The van der Waals surface area contributed by atoms with Gasteiger partial charge in [-0.1, -0.05) is 23.8 Å². The predicted octanol–water partition coefficient (Wildman–Crippen LogP) is 3.80. The summed E-state index contributed by atoms with van der Waals surface area (Å²) in [6, 6.07) is 0. The Morgan fingerprint density at radius 3 is 3.00 bits per heavy atom. The number of nitrogens with zero attached hydrogens (tertiary/aromatic N) is 2. The first-order chi connectivity index (χ1) is 8.20. The average Bonchev–Trinajstić information content (AvgIpc) is 2.35. The molecule has 0 unspecified atom stereocenters. The first-order valence-corrected chi connectivity index (χ1v) is 6.86. The molecule has 2 rings (SSSR count). The zero-order valence-corrected chi connectivity index (χ0v) is 12.6. The maximum Gasteiger partial charge on any atom is 0.233 e. The van der Waals surface area contributed by atoms with Gasteiger partial charge in [0.15, 0.2) is 5.82 Å². The van der Waals surface area contributed by atoms with Crippen molar-refractivity contribution in [3.05, 3.63) is 34.0 Å². The van der Waals surface area contributed by atoms with Gasteiger partial charge < -0.3 is 5.32 Å². The summed E-state index contributed by atoms with van der Waals surface area (Å²) < 4.78 is 2.84. The molecule has 1 aliphatic rings. The summed E-state index contributed by atoms with van der Waals surface area (Å²) >= 11 is 12.4. The number of aromatic nitrogens is 2. The van der Waals surface area contributed by atoms with E-state index in [0.29, 0.717) is 16.8 Å². The van der Waals surface area contributed by atoms with Gasteiger partial charge in [0.05, 0.1) is 29.1 Å². The van der Waals surface area contributed by atoms with Crippen LogP contribution >= 0.6 is 47.1 Å². The smallest absolute Gasteiger partial charge is 0.233 e. The highest BCUT2D eigenvalue weighted by atomic mass is 127. The highest BCUT2D eigenvalue weighted by Crippen LogP contribution is 2.27. The van der Waals surface area contributed by atoms with Gasteiger partial charge in [-0.2, -0.15) is 4.98 Å². The summed E-state index contributed by atoms with van der Waals surface area (Å²) in [5, 5.41) is 3.69. The highest BCUT2D eigenvalue weighted by molar-refractivity contribution is 14.1. The highest BCUT2D eigenvalue weighted by Gasteiger charge is 2.10. The summed E-state index contributed by atoms with van der Waals surface area (Å²) in [7, 11) is 0. The number of rotatable bonds is 3. The number of nitrogens with one attached hydrogen (secondary N) is 2. The van der Waals surface area contributed by atoms with E-state index in [4.69, 9.17) is 11.6 Å². The SMILES string of the molecule is SC1=C(Nc2nc(NI)ncc2Cl)CCC=C1.